The van der Waals surface area contributed by atoms with Crippen molar-refractivity contribution in [2.75, 3.05) is 0 Å². The summed E-state index contributed by atoms with van der Waals surface area (Å²) in [6.45, 7) is 6.70. The molecule has 0 aromatic rings. The van der Waals surface area contributed by atoms with Crippen molar-refractivity contribution in [3.05, 3.63) is 23.8 Å². The van der Waals surface area contributed by atoms with Gasteiger partial charge in [-0.1, -0.05) is 37.6 Å². The molecule has 0 spiro atoms. The van der Waals surface area contributed by atoms with Crippen LogP contribution in [0.1, 0.15) is 40.0 Å². The smallest absolute Gasteiger partial charge is 0.00652 e. The third-order valence-corrected chi connectivity index (χ3v) is 2.70. The van der Waals surface area contributed by atoms with E-state index in [9.17, 15) is 0 Å². The van der Waals surface area contributed by atoms with Gasteiger partial charge in [0.15, 0.2) is 0 Å². The van der Waals surface area contributed by atoms with Crippen LogP contribution in [-0.4, -0.2) is 0 Å². The zero-order valence-electron chi connectivity index (χ0n) is 7.85. The predicted molar refractivity (Wildman–Crippen MR) is 50.5 cm³/mol. The molecular weight excluding hydrogens is 132 g/mol. The first-order chi connectivity index (χ1) is 5.23. The Kier molecular flexibility index (Phi) is 2.53. The van der Waals surface area contributed by atoms with Crippen LogP contribution in [0, 0.1) is 5.41 Å². The Morgan fingerprint density at radius 3 is 2.91 bits per heavy atom. The average Bonchev–Trinajstić information content (AvgIpc) is 2.31. The molecule has 0 amide bonds. The summed E-state index contributed by atoms with van der Waals surface area (Å²) in [5.41, 5.74) is 2.01. The quantitative estimate of drug-likeness (QED) is 0.526. The van der Waals surface area contributed by atoms with E-state index >= 15 is 0 Å². The molecule has 0 saturated heterocycles. The molecule has 0 fully saturated rings. The van der Waals surface area contributed by atoms with E-state index in [1.165, 1.54) is 19.3 Å². The normalized spacial score (nSPS) is 31.4. The van der Waals surface area contributed by atoms with Crippen LogP contribution >= 0.6 is 0 Å². The van der Waals surface area contributed by atoms with Crippen molar-refractivity contribution in [2.45, 2.75) is 40.0 Å². The van der Waals surface area contributed by atoms with Crippen LogP contribution < -0.4 is 0 Å². The van der Waals surface area contributed by atoms with Crippen molar-refractivity contribution in [1.82, 2.24) is 0 Å². The molecule has 1 aliphatic carbocycles. The van der Waals surface area contributed by atoms with E-state index in [-0.39, 0.29) is 0 Å². The maximum atomic E-state index is 2.40. The first kappa shape index (κ1) is 8.58. The Hall–Kier alpha value is -0.520. The maximum absolute atomic E-state index is 2.40. The largest absolute Gasteiger partial charge is 0.0908 e. The highest BCUT2D eigenvalue weighted by Crippen LogP contribution is 2.41. The zero-order chi connectivity index (χ0) is 8.32. The predicted octanol–water partition coefficient (Wildman–Crippen LogP) is 3.70. The molecule has 11 heavy (non-hydrogen) atoms. The SMILES string of the molecule is C/C=C/C1(C)CCC=C1CC. The van der Waals surface area contributed by atoms with Crippen molar-refractivity contribution >= 4 is 0 Å². The van der Waals surface area contributed by atoms with Gasteiger partial charge in [0.1, 0.15) is 0 Å². The van der Waals surface area contributed by atoms with E-state index in [1.807, 2.05) is 0 Å². The van der Waals surface area contributed by atoms with Gasteiger partial charge in [-0.05, 0) is 26.2 Å². The first-order valence-corrected chi connectivity index (χ1v) is 4.56. The summed E-state index contributed by atoms with van der Waals surface area (Å²) in [6.07, 6.45) is 10.7. The summed E-state index contributed by atoms with van der Waals surface area (Å²) in [6, 6.07) is 0. The fourth-order valence-corrected chi connectivity index (χ4v) is 2.05. The van der Waals surface area contributed by atoms with E-state index in [2.05, 4.69) is 39.0 Å². The van der Waals surface area contributed by atoms with Gasteiger partial charge in [0.2, 0.25) is 0 Å². The van der Waals surface area contributed by atoms with Crippen LogP contribution in [-0.2, 0) is 0 Å². The average molecular weight is 150 g/mol. The number of rotatable bonds is 2. The van der Waals surface area contributed by atoms with E-state index in [1.54, 1.807) is 5.57 Å². The molecule has 0 nitrogen and oxygen atoms in total. The Morgan fingerprint density at radius 1 is 1.64 bits per heavy atom. The minimum atomic E-state index is 0.392. The van der Waals surface area contributed by atoms with E-state index in [4.69, 9.17) is 0 Å². The lowest BCUT2D eigenvalue weighted by atomic mass is 9.82. The number of allylic oxidation sites excluding steroid dienone is 4. The van der Waals surface area contributed by atoms with Crippen molar-refractivity contribution in [3.63, 3.8) is 0 Å². The van der Waals surface area contributed by atoms with Crippen LogP contribution in [0.5, 0.6) is 0 Å². The number of hydrogen-bond acceptors (Lipinski definition) is 0. The molecule has 0 bridgehead atoms. The van der Waals surface area contributed by atoms with Gasteiger partial charge in [-0.15, -0.1) is 0 Å². The summed E-state index contributed by atoms with van der Waals surface area (Å²) in [5, 5.41) is 0. The van der Waals surface area contributed by atoms with Crippen molar-refractivity contribution in [3.8, 4) is 0 Å². The summed E-state index contributed by atoms with van der Waals surface area (Å²) in [5.74, 6) is 0. The molecule has 0 N–H and O–H groups in total. The monoisotopic (exact) mass is 150 g/mol. The molecule has 1 rings (SSSR count). The van der Waals surface area contributed by atoms with Gasteiger partial charge in [-0.2, -0.15) is 0 Å². The Morgan fingerprint density at radius 2 is 2.36 bits per heavy atom. The van der Waals surface area contributed by atoms with Gasteiger partial charge in [-0.25, -0.2) is 0 Å². The molecule has 0 heterocycles. The van der Waals surface area contributed by atoms with E-state index < -0.39 is 0 Å². The van der Waals surface area contributed by atoms with Crippen molar-refractivity contribution in [2.24, 2.45) is 5.41 Å². The molecule has 1 atom stereocenters. The molecule has 0 heteroatoms. The van der Waals surface area contributed by atoms with Crippen LogP contribution in [0.4, 0.5) is 0 Å². The molecule has 0 saturated carbocycles. The highest BCUT2D eigenvalue weighted by Gasteiger charge is 2.27. The molecule has 0 aliphatic heterocycles. The molecule has 1 aliphatic rings. The first-order valence-electron chi connectivity index (χ1n) is 4.56. The Bertz CT molecular complexity index is 186. The van der Waals surface area contributed by atoms with Gasteiger partial charge in [0.05, 0.1) is 0 Å². The molecule has 62 valence electrons. The molecule has 0 aromatic carbocycles. The van der Waals surface area contributed by atoms with Gasteiger partial charge >= 0.3 is 0 Å². The maximum Gasteiger partial charge on any atom is 0.00652 e. The highest BCUT2D eigenvalue weighted by molar-refractivity contribution is 5.25. The third-order valence-electron chi connectivity index (χ3n) is 2.70. The third kappa shape index (κ3) is 1.55. The lowest BCUT2D eigenvalue weighted by molar-refractivity contribution is 0.495. The molecule has 0 aromatic heterocycles. The fraction of sp³-hybridized carbons (Fsp3) is 0.636. The van der Waals surface area contributed by atoms with Crippen LogP contribution in [0.3, 0.4) is 0 Å². The molecule has 1 unspecified atom stereocenters. The summed E-state index contributed by atoms with van der Waals surface area (Å²) >= 11 is 0. The minimum absolute atomic E-state index is 0.392. The second-order valence-corrected chi connectivity index (χ2v) is 3.54. The topological polar surface area (TPSA) is 0 Å². The number of hydrogen-bond donors (Lipinski definition) is 0. The minimum Gasteiger partial charge on any atom is -0.0908 e. The summed E-state index contributed by atoms with van der Waals surface area (Å²) in [7, 11) is 0. The van der Waals surface area contributed by atoms with Crippen LogP contribution in [0.15, 0.2) is 23.8 Å². The second-order valence-electron chi connectivity index (χ2n) is 3.54. The Balaban J connectivity index is 2.78. The summed E-state index contributed by atoms with van der Waals surface area (Å²) < 4.78 is 0. The van der Waals surface area contributed by atoms with Crippen LogP contribution in [0.25, 0.3) is 0 Å². The second kappa shape index (κ2) is 3.25. The van der Waals surface area contributed by atoms with Gasteiger partial charge in [0.25, 0.3) is 0 Å². The van der Waals surface area contributed by atoms with Gasteiger partial charge in [-0.3, -0.25) is 0 Å². The van der Waals surface area contributed by atoms with Crippen molar-refractivity contribution < 1.29 is 0 Å². The van der Waals surface area contributed by atoms with Gasteiger partial charge < -0.3 is 0 Å². The van der Waals surface area contributed by atoms with E-state index in [0.29, 0.717) is 5.41 Å². The molecule has 0 radical (unpaired) electrons. The fourth-order valence-electron chi connectivity index (χ4n) is 2.05. The lowest BCUT2D eigenvalue weighted by Crippen LogP contribution is -2.11. The lowest BCUT2D eigenvalue weighted by Gasteiger charge is -2.23. The Labute approximate surface area is 70.0 Å². The van der Waals surface area contributed by atoms with E-state index in [0.717, 1.165) is 0 Å². The van der Waals surface area contributed by atoms with Crippen molar-refractivity contribution in [1.29, 1.82) is 0 Å². The van der Waals surface area contributed by atoms with Gasteiger partial charge in [0, 0.05) is 5.41 Å². The molecular formula is C11H18. The van der Waals surface area contributed by atoms with Crippen LogP contribution in [0.2, 0.25) is 0 Å². The standard InChI is InChI=1S/C11H18/c1-4-8-11(3)9-6-7-10(11)5-2/h4,7-8H,5-6,9H2,1-3H3/b8-4+. The highest BCUT2D eigenvalue weighted by atomic mass is 14.3. The summed E-state index contributed by atoms with van der Waals surface area (Å²) in [4.78, 5) is 0. The zero-order valence-corrected chi connectivity index (χ0v) is 7.85.